The number of ether oxygens (including phenoxy) is 1. The quantitative estimate of drug-likeness (QED) is 0.720. The van der Waals surface area contributed by atoms with Gasteiger partial charge < -0.3 is 10.5 Å². The molecular weight excluding hydrogens is 322 g/mol. The van der Waals surface area contributed by atoms with Crippen molar-refractivity contribution in [1.29, 1.82) is 5.26 Å². The Balaban J connectivity index is 2.05. The van der Waals surface area contributed by atoms with Crippen LogP contribution in [0.2, 0.25) is 0 Å². The predicted octanol–water partition coefficient (Wildman–Crippen LogP) is 4.34. The summed E-state index contributed by atoms with van der Waals surface area (Å²) in [4.78, 5) is 0. The minimum atomic E-state index is -0.825. The summed E-state index contributed by atoms with van der Waals surface area (Å²) >= 11 is 0. The lowest BCUT2D eigenvalue weighted by Gasteiger charge is -2.27. The van der Waals surface area contributed by atoms with E-state index in [0.29, 0.717) is 11.3 Å². The number of nitrogens with two attached hydrogens (primary N) is 1. The van der Waals surface area contributed by atoms with Crippen LogP contribution in [0.5, 0.6) is 5.75 Å². The molecule has 3 nitrogen and oxygen atoms in total. The number of hydrogen-bond acceptors (Lipinski definition) is 3. The first-order valence-electron chi connectivity index (χ1n) is 7.64. The molecule has 0 aromatic heterocycles. The van der Waals surface area contributed by atoms with Gasteiger partial charge in [0.25, 0.3) is 0 Å². The van der Waals surface area contributed by atoms with E-state index in [2.05, 4.69) is 0 Å². The molecule has 122 valence electrons. The van der Waals surface area contributed by atoms with E-state index < -0.39 is 17.6 Å². The van der Waals surface area contributed by atoms with Gasteiger partial charge in [0.2, 0.25) is 5.88 Å². The van der Waals surface area contributed by atoms with Crippen molar-refractivity contribution in [2.75, 3.05) is 0 Å². The highest BCUT2D eigenvalue weighted by Crippen LogP contribution is 2.45. The van der Waals surface area contributed by atoms with Crippen LogP contribution in [-0.4, -0.2) is 0 Å². The topological polar surface area (TPSA) is 59.0 Å². The normalized spacial score (nSPS) is 16.3. The van der Waals surface area contributed by atoms with Crippen molar-refractivity contribution in [2.24, 2.45) is 5.73 Å². The Bertz CT molecular complexity index is 1080. The second-order valence-electron chi connectivity index (χ2n) is 5.80. The molecule has 1 unspecified atom stereocenters. The van der Waals surface area contributed by atoms with Crippen molar-refractivity contribution in [3.05, 3.63) is 88.8 Å². The molecule has 0 bridgehead atoms. The fourth-order valence-corrected chi connectivity index (χ4v) is 3.24. The van der Waals surface area contributed by atoms with Crippen molar-refractivity contribution in [3.63, 3.8) is 0 Å². The Morgan fingerprint density at radius 3 is 2.60 bits per heavy atom. The zero-order chi connectivity index (χ0) is 17.6. The van der Waals surface area contributed by atoms with Gasteiger partial charge in [-0.1, -0.05) is 36.4 Å². The summed E-state index contributed by atoms with van der Waals surface area (Å²) in [5.41, 5.74) is 6.62. The van der Waals surface area contributed by atoms with Crippen LogP contribution in [0, 0.1) is 23.0 Å². The smallest absolute Gasteiger partial charge is 0.205 e. The van der Waals surface area contributed by atoms with E-state index in [0.717, 1.165) is 29.0 Å². The largest absolute Gasteiger partial charge is 0.440 e. The highest BCUT2D eigenvalue weighted by Gasteiger charge is 2.33. The van der Waals surface area contributed by atoms with Crippen LogP contribution in [-0.2, 0) is 0 Å². The third-order valence-electron chi connectivity index (χ3n) is 4.38. The third-order valence-corrected chi connectivity index (χ3v) is 4.38. The molecule has 1 atom stereocenters. The van der Waals surface area contributed by atoms with Crippen LogP contribution in [0.3, 0.4) is 0 Å². The zero-order valence-electron chi connectivity index (χ0n) is 13.0. The van der Waals surface area contributed by atoms with Crippen molar-refractivity contribution in [2.45, 2.75) is 5.92 Å². The Morgan fingerprint density at radius 2 is 1.80 bits per heavy atom. The Labute approximate surface area is 142 Å². The second kappa shape index (κ2) is 5.60. The number of nitriles is 1. The molecule has 2 N–H and O–H groups in total. The van der Waals surface area contributed by atoms with Crippen LogP contribution in [0.4, 0.5) is 8.78 Å². The minimum Gasteiger partial charge on any atom is -0.440 e. The molecule has 0 amide bonds. The van der Waals surface area contributed by atoms with Crippen LogP contribution < -0.4 is 10.5 Å². The lowest BCUT2D eigenvalue weighted by molar-refractivity contribution is 0.397. The molecular formula is C20H12F2N2O. The van der Waals surface area contributed by atoms with E-state index in [1.54, 1.807) is 6.07 Å². The van der Waals surface area contributed by atoms with E-state index in [9.17, 15) is 14.0 Å². The van der Waals surface area contributed by atoms with Gasteiger partial charge in [-0.15, -0.1) is 0 Å². The highest BCUT2D eigenvalue weighted by atomic mass is 19.1. The summed E-state index contributed by atoms with van der Waals surface area (Å²) in [6, 6.07) is 16.3. The number of halogens is 2. The van der Waals surface area contributed by atoms with Gasteiger partial charge in [-0.25, -0.2) is 8.78 Å². The molecule has 0 aliphatic carbocycles. The molecule has 0 spiro atoms. The van der Waals surface area contributed by atoms with Crippen LogP contribution in [0.25, 0.3) is 10.8 Å². The standard InChI is InChI=1S/C20H12F2N2O/c21-12-6-8-17(22)15(9-12)18-14-7-5-11-3-1-2-4-13(11)19(14)25-20(24)16(18)10-23/h1-9,18H,24H2. The zero-order valence-corrected chi connectivity index (χ0v) is 13.0. The lowest BCUT2D eigenvalue weighted by Crippen LogP contribution is -2.22. The van der Waals surface area contributed by atoms with Gasteiger partial charge in [-0.2, -0.15) is 5.26 Å². The number of allylic oxidation sites excluding steroid dienone is 1. The van der Waals surface area contributed by atoms with Gasteiger partial charge in [-0.3, -0.25) is 0 Å². The van der Waals surface area contributed by atoms with Gasteiger partial charge in [-0.05, 0) is 23.6 Å². The number of benzene rings is 3. The van der Waals surface area contributed by atoms with Crippen molar-refractivity contribution in [1.82, 2.24) is 0 Å². The number of nitrogens with zero attached hydrogens (tertiary/aromatic N) is 1. The fraction of sp³-hybridized carbons (Fsp3) is 0.0500. The Kier molecular flexibility index (Phi) is 3.40. The SMILES string of the molecule is N#CC1=C(N)Oc2c(ccc3ccccc23)C1c1cc(F)ccc1F. The summed E-state index contributed by atoms with van der Waals surface area (Å²) in [6.07, 6.45) is 0. The maximum Gasteiger partial charge on any atom is 0.205 e. The Morgan fingerprint density at radius 1 is 1.00 bits per heavy atom. The van der Waals surface area contributed by atoms with Gasteiger partial charge in [0, 0.05) is 16.5 Å². The fourth-order valence-electron chi connectivity index (χ4n) is 3.24. The molecule has 0 radical (unpaired) electrons. The van der Waals surface area contributed by atoms with Crippen LogP contribution in [0.1, 0.15) is 17.0 Å². The summed E-state index contributed by atoms with van der Waals surface area (Å²) in [7, 11) is 0. The summed E-state index contributed by atoms with van der Waals surface area (Å²) in [6.45, 7) is 0. The molecule has 3 aromatic rings. The first-order valence-corrected chi connectivity index (χ1v) is 7.64. The second-order valence-corrected chi connectivity index (χ2v) is 5.80. The van der Waals surface area contributed by atoms with E-state index in [4.69, 9.17) is 10.5 Å². The van der Waals surface area contributed by atoms with Gasteiger partial charge in [0.05, 0.1) is 5.92 Å². The van der Waals surface area contributed by atoms with E-state index in [1.165, 1.54) is 0 Å². The lowest BCUT2D eigenvalue weighted by atomic mass is 9.82. The maximum atomic E-state index is 14.4. The maximum absolute atomic E-state index is 14.4. The summed E-state index contributed by atoms with van der Waals surface area (Å²) in [5, 5.41) is 11.2. The van der Waals surface area contributed by atoms with E-state index in [1.807, 2.05) is 36.4 Å². The molecule has 1 heterocycles. The van der Waals surface area contributed by atoms with Crippen LogP contribution >= 0.6 is 0 Å². The number of hydrogen-bond donors (Lipinski definition) is 1. The highest BCUT2D eigenvalue weighted by molar-refractivity contribution is 5.90. The van der Waals surface area contributed by atoms with E-state index >= 15 is 0 Å². The first kappa shape index (κ1) is 15.2. The first-order chi connectivity index (χ1) is 12.1. The molecule has 4 rings (SSSR count). The number of rotatable bonds is 1. The molecule has 5 heteroatoms. The monoisotopic (exact) mass is 334 g/mol. The van der Waals surface area contributed by atoms with E-state index in [-0.39, 0.29) is 17.0 Å². The minimum absolute atomic E-state index is 0.0549. The van der Waals surface area contributed by atoms with Crippen molar-refractivity contribution < 1.29 is 13.5 Å². The molecule has 25 heavy (non-hydrogen) atoms. The van der Waals surface area contributed by atoms with Gasteiger partial charge >= 0.3 is 0 Å². The van der Waals surface area contributed by atoms with Gasteiger partial charge in [0.15, 0.2) is 0 Å². The summed E-state index contributed by atoms with van der Waals surface area (Å²) < 4.78 is 33.8. The van der Waals surface area contributed by atoms with Crippen LogP contribution in [0.15, 0.2) is 66.1 Å². The predicted molar refractivity (Wildman–Crippen MR) is 89.6 cm³/mol. The third kappa shape index (κ3) is 2.31. The molecule has 0 fully saturated rings. The molecule has 0 saturated heterocycles. The molecule has 1 aliphatic heterocycles. The van der Waals surface area contributed by atoms with Crippen molar-refractivity contribution in [3.8, 4) is 11.8 Å². The molecule has 3 aromatic carbocycles. The molecule has 0 saturated carbocycles. The van der Waals surface area contributed by atoms with Gasteiger partial charge in [0.1, 0.15) is 29.0 Å². The average molecular weight is 334 g/mol. The molecule has 1 aliphatic rings. The number of fused-ring (bicyclic) bond motifs is 3. The summed E-state index contributed by atoms with van der Waals surface area (Å²) in [5.74, 6) is -1.65. The Hall–Kier alpha value is -3.39. The average Bonchev–Trinajstić information content (AvgIpc) is 2.62. The van der Waals surface area contributed by atoms with Crippen molar-refractivity contribution >= 4 is 10.8 Å².